The van der Waals surface area contributed by atoms with Gasteiger partial charge in [-0.2, -0.15) is 0 Å². The van der Waals surface area contributed by atoms with Crippen LogP contribution < -0.4 is 0 Å². The summed E-state index contributed by atoms with van der Waals surface area (Å²) in [6.07, 6.45) is 0.724. The van der Waals surface area contributed by atoms with Crippen LogP contribution >= 0.6 is 27.3 Å². The maximum Gasteiger partial charge on any atom is 0.357 e. The van der Waals surface area contributed by atoms with E-state index in [1.165, 1.54) is 18.4 Å². The Hall–Kier alpha value is -1.20. The molecular formula is C13H12BrNO2S. The average molecular weight is 326 g/mol. The first-order chi connectivity index (χ1) is 8.60. The van der Waals surface area contributed by atoms with E-state index in [2.05, 4.69) is 27.0 Å². The molecule has 0 N–H and O–H groups in total. The molecule has 0 atom stereocenters. The standard InChI is InChI=1S/C13H12BrNO2S/c1-8-12(13(16)17-2)15-11(18-8)7-9-4-3-5-10(14)6-9/h3-6H,7H2,1-2H3. The van der Waals surface area contributed by atoms with E-state index in [9.17, 15) is 4.79 Å². The third kappa shape index (κ3) is 2.97. The van der Waals surface area contributed by atoms with Gasteiger partial charge in [-0.05, 0) is 24.6 Å². The van der Waals surface area contributed by atoms with Crippen LogP contribution in [0.4, 0.5) is 0 Å². The van der Waals surface area contributed by atoms with Gasteiger partial charge in [-0.15, -0.1) is 11.3 Å². The summed E-state index contributed by atoms with van der Waals surface area (Å²) in [5.41, 5.74) is 1.59. The van der Waals surface area contributed by atoms with E-state index in [1.807, 2.05) is 25.1 Å². The first kappa shape index (κ1) is 13.2. The summed E-state index contributed by atoms with van der Waals surface area (Å²) < 4.78 is 5.74. The van der Waals surface area contributed by atoms with Gasteiger partial charge in [-0.1, -0.05) is 28.1 Å². The Kier molecular flexibility index (Phi) is 4.14. The molecule has 2 aromatic rings. The van der Waals surface area contributed by atoms with Crippen molar-refractivity contribution < 1.29 is 9.53 Å². The fourth-order valence-corrected chi connectivity index (χ4v) is 3.04. The Morgan fingerprint density at radius 3 is 2.94 bits per heavy atom. The van der Waals surface area contributed by atoms with Gasteiger partial charge < -0.3 is 4.74 Å². The number of hydrogen-bond acceptors (Lipinski definition) is 4. The molecule has 0 saturated heterocycles. The van der Waals surface area contributed by atoms with Crippen LogP contribution in [0.5, 0.6) is 0 Å². The Labute approximate surface area is 118 Å². The van der Waals surface area contributed by atoms with Crippen molar-refractivity contribution in [3.63, 3.8) is 0 Å². The second-order valence-electron chi connectivity index (χ2n) is 3.81. The second-order valence-corrected chi connectivity index (χ2v) is 6.01. The first-order valence-electron chi connectivity index (χ1n) is 5.39. The van der Waals surface area contributed by atoms with Crippen LogP contribution in [0.15, 0.2) is 28.7 Å². The average Bonchev–Trinajstić information content (AvgIpc) is 2.69. The van der Waals surface area contributed by atoms with E-state index < -0.39 is 0 Å². The summed E-state index contributed by atoms with van der Waals surface area (Å²) in [7, 11) is 1.37. The third-order valence-electron chi connectivity index (χ3n) is 2.46. The molecule has 3 nitrogen and oxygen atoms in total. The van der Waals surface area contributed by atoms with E-state index >= 15 is 0 Å². The number of halogens is 1. The maximum atomic E-state index is 11.5. The highest BCUT2D eigenvalue weighted by Crippen LogP contribution is 2.22. The lowest BCUT2D eigenvalue weighted by Gasteiger charge is -1.98. The highest BCUT2D eigenvalue weighted by Gasteiger charge is 2.15. The van der Waals surface area contributed by atoms with Gasteiger partial charge in [0.1, 0.15) is 0 Å². The zero-order valence-corrected chi connectivity index (χ0v) is 12.5. The number of rotatable bonds is 3. The van der Waals surface area contributed by atoms with Crippen molar-refractivity contribution in [2.75, 3.05) is 7.11 Å². The summed E-state index contributed by atoms with van der Waals surface area (Å²) >= 11 is 4.97. The third-order valence-corrected chi connectivity index (χ3v) is 3.93. The van der Waals surface area contributed by atoms with Crippen molar-refractivity contribution in [3.8, 4) is 0 Å². The summed E-state index contributed by atoms with van der Waals surface area (Å²) in [6, 6.07) is 8.06. The zero-order valence-electron chi connectivity index (χ0n) is 10.1. The van der Waals surface area contributed by atoms with Crippen molar-refractivity contribution >= 4 is 33.2 Å². The second kappa shape index (κ2) is 5.63. The normalized spacial score (nSPS) is 10.4. The van der Waals surface area contributed by atoms with Crippen LogP contribution in [-0.4, -0.2) is 18.1 Å². The van der Waals surface area contributed by atoms with Crippen molar-refractivity contribution in [2.24, 2.45) is 0 Å². The van der Waals surface area contributed by atoms with E-state index in [0.29, 0.717) is 5.69 Å². The van der Waals surface area contributed by atoms with Gasteiger partial charge >= 0.3 is 5.97 Å². The summed E-state index contributed by atoms with van der Waals surface area (Å²) in [5.74, 6) is -0.371. The molecule has 18 heavy (non-hydrogen) atoms. The molecule has 0 aliphatic heterocycles. The number of aryl methyl sites for hydroxylation is 1. The van der Waals surface area contributed by atoms with Crippen LogP contribution in [0.1, 0.15) is 25.9 Å². The van der Waals surface area contributed by atoms with E-state index in [1.54, 1.807) is 0 Å². The number of esters is 1. The zero-order chi connectivity index (χ0) is 13.1. The number of methoxy groups -OCH3 is 1. The van der Waals surface area contributed by atoms with Gasteiger partial charge in [-0.3, -0.25) is 0 Å². The van der Waals surface area contributed by atoms with Gasteiger partial charge in [0.15, 0.2) is 5.69 Å². The number of thiazole rings is 1. The van der Waals surface area contributed by atoms with Crippen LogP contribution in [0.2, 0.25) is 0 Å². The number of carbonyl (C=O) groups excluding carboxylic acids is 1. The monoisotopic (exact) mass is 325 g/mol. The Morgan fingerprint density at radius 1 is 1.50 bits per heavy atom. The molecule has 0 spiro atoms. The van der Waals surface area contributed by atoms with Gasteiger partial charge in [0.2, 0.25) is 0 Å². The van der Waals surface area contributed by atoms with Gasteiger partial charge in [0.25, 0.3) is 0 Å². The lowest BCUT2D eigenvalue weighted by Crippen LogP contribution is -2.03. The van der Waals surface area contributed by atoms with Crippen molar-refractivity contribution in [1.29, 1.82) is 0 Å². The number of benzene rings is 1. The highest BCUT2D eigenvalue weighted by atomic mass is 79.9. The molecule has 0 aliphatic rings. The highest BCUT2D eigenvalue weighted by molar-refractivity contribution is 9.10. The maximum absolute atomic E-state index is 11.5. The quantitative estimate of drug-likeness (QED) is 0.809. The molecule has 94 valence electrons. The summed E-state index contributed by atoms with van der Waals surface area (Å²) in [6.45, 7) is 1.88. The molecule has 1 aromatic carbocycles. The van der Waals surface area contributed by atoms with Crippen LogP contribution in [-0.2, 0) is 11.2 Å². The minimum Gasteiger partial charge on any atom is -0.464 e. The predicted octanol–water partition coefficient (Wildman–Crippen LogP) is 3.59. The number of aromatic nitrogens is 1. The Balaban J connectivity index is 2.23. The Bertz CT molecular complexity index is 580. The summed E-state index contributed by atoms with van der Waals surface area (Å²) in [5, 5.41) is 0.922. The molecule has 0 fully saturated rings. The largest absolute Gasteiger partial charge is 0.464 e. The number of hydrogen-bond donors (Lipinski definition) is 0. The molecule has 1 aromatic heterocycles. The first-order valence-corrected chi connectivity index (χ1v) is 7.00. The lowest BCUT2D eigenvalue weighted by atomic mass is 10.2. The molecule has 5 heteroatoms. The molecule has 0 saturated carbocycles. The molecule has 0 unspecified atom stereocenters. The molecule has 0 aliphatic carbocycles. The lowest BCUT2D eigenvalue weighted by molar-refractivity contribution is 0.0594. The van der Waals surface area contributed by atoms with Gasteiger partial charge in [-0.25, -0.2) is 9.78 Å². The smallest absolute Gasteiger partial charge is 0.357 e. The molecule has 1 heterocycles. The van der Waals surface area contributed by atoms with Crippen molar-refractivity contribution in [3.05, 3.63) is 49.9 Å². The van der Waals surface area contributed by atoms with E-state index in [4.69, 9.17) is 4.74 Å². The minimum atomic E-state index is -0.371. The van der Waals surface area contributed by atoms with Crippen LogP contribution in [0.3, 0.4) is 0 Å². The molecule has 0 amide bonds. The van der Waals surface area contributed by atoms with Gasteiger partial charge in [0, 0.05) is 15.8 Å². The predicted molar refractivity (Wildman–Crippen MR) is 75.1 cm³/mol. The molecule has 0 radical (unpaired) electrons. The topological polar surface area (TPSA) is 39.2 Å². The SMILES string of the molecule is COC(=O)c1nc(Cc2cccc(Br)c2)sc1C. The van der Waals surface area contributed by atoms with Gasteiger partial charge in [0.05, 0.1) is 12.1 Å². The molecule has 0 bridgehead atoms. The fraction of sp³-hybridized carbons (Fsp3) is 0.231. The van der Waals surface area contributed by atoms with Crippen molar-refractivity contribution in [1.82, 2.24) is 4.98 Å². The minimum absolute atomic E-state index is 0.371. The number of ether oxygens (including phenoxy) is 1. The number of nitrogens with zero attached hydrogens (tertiary/aromatic N) is 1. The summed E-state index contributed by atoms with van der Waals surface area (Å²) in [4.78, 5) is 16.7. The molecular weight excluding hydrogens is 314 g/mol. The Morgan fingerprint density at radius 2 is 2.28 bits per heavy atom. The fourth-order valence-electron chi connectivity index (χ4n) is 1.63. The van der Waals surface area contributed by atoms with Crippen LogP contribution in [0, 0.1) is 6.92 Å². The van der Waals surface area contributed by atoms with Crippen molar-refractivity contribution in [2.45, 2.75) is 13.3 Å². The van der Waals surface area contributed by atoms with E-state index in [0.717, 1.165) is 26.3 Å². The molecule has 2 rings (SSSR count). The van der Waals surface area contributed by atoms with E-state index in [-0.39, 0.29) is 5.97 Å². The number of carbonyl (C=O) groups is 1. The van der Waals surface area contributed by atoms with Crippen LogP contribution in [0.25, 0.3) is 0 Å².